The standard InChI is InChI=1S/C11H20N2OS/c1-9-11(14)13(6-3-5-12-9)8-10-4-2-7-15-10/h9-10,12H,2-8H2,1H3. The summed E-state index contributed by atoms with van der Waals surface area (Å²) >= 11 is 2.03. The van der Waals surface area contributed by atoms with Crippen molar-refractivity contribution in [3.8, 4) is 0 Å². The molecule has 2 fully saturated rings. The summed E-state index contributed by atoms with van der Waals surface area (Å²) in [5, 5.41) is 3.94. The van der Waals surface area contributed by atoms with Gasteiger partial charge in [-0.05, 0) is 38.5 Å². The first-order valence-corrected chi connectivity index (χ1v) is 6.96. The van der Waals surface area contributed by atoms with Gasteiger partial charge in [0.05, 0.1) is 6.04 Å². The van der Waals surface area contributed by atoms with Crippen LogP contribution in [-0.4, -0.2) is 47.5 Å². The van der Waals surface area contributed by atoms with Gasteiger partial charge < -0.3 is 10.2 Å². The molecule has 15 heavy (non-hydrogen) atoms. The first kappa shape index (κ1) is 11.3. The van der Waals surface area contributed by atoms with E-state index in [0.717, 1.165) is 26.1 Å². The van der Waals surface area contributed by atoms with Gasteiger partial charge in [0.15, 0.2) is 0 Å². The van der Waals surface area contributed by atoms with E-state index in [9.17, 15) is 4.79 Å². The van der Waals surface area contributed by atoms with E-state index in [-0.39, 0.29) is 6.04 Å². The maximum Gasteiger partial charge on any atom is 0.239 e. The highest BCUT2D eigenvalue weighted by Gasteiger charge is 2.26. The molecule has 0 aromatic carbocycles. The number of rotatable bonds is 2. The van der Waals surface area contributed by atoms with Gasteiger partial charge in [-0.25, -0.2) is 0 Å². The Balaban J connectivity index is 1.90. The Morgan fingerprint density at radius 3 is 3.13 bits per heavy atom. The number of carbonyl (C=O) groups excluding carboxylic acids is 1. The molecule has 0 aromatic rings. The van der Waals surface area contributed by atoms with Gasteiger partial charge in [-0.2, -0.15) is 11.8 Å². The molecule has 3 nitrogen and oxygen atoms in total. The molecule has 2 heterocycles. The molecule has 2 rings (SSSR count). The SMILES string of the molecule is CC1NCCCN(CC2CCCS2)C1=O. The van der Waals surface area contributed by atoms with E-state index in [4.69, 9.17) is 0 Å². The molecule has 2 saturated heterocycles. The molecule has 0 spiro atoms. The zero-order valence-electron chi connectivity index (χ0n) is 9.37. The van der Waals surface area contributed by atoms with Crippen LogP contribution in [0.15, 0.2) is 0 Å². The van der Waals surface area contributed by atoms with Crippen molar-refractivity contribution >= 4 is 17.7 Å². The summed E-state index contributed by atoms with van der Waals surface area (Å²) < 4.78 is 0. The lowest BCUT2D eigenvalue weighted by Crippen LogP contribution is -2.43. The predicted octanol–water partition coefficient (Wildman–Crippen LogP) is 1.09. The average molecular weight is 228 g/mol. The van der Waals surface area contributed by atoms with Crippen molar-refractivity contribution in [3.63, 3.8) is 0 Å². The minimum absolute atomic E-state index is 0.0129. The fraction of sp³-hybridized carbons (Fsp3) is 0.909. The zero-order chi connectivity index (χ0) is 10.7. The molecular weight excluding hydrogens is 208 g/mol. The van der Waals surface area contributed by atoms with Gasteiger partial charge in [0.2, 0.25) is 5.91 Å². The van der Waals surface area contributed by atoms with E-state index >= 15 is 0 Å². The summed E-state index contributed by atoms with van der Waals surface area (Å²) in [6.07, 6.45) is 3.70. The van der Waals surface area contributed by atoms with Crippen molar-refractivity contribution in [1.82, 2.24) is 10.2 Å². The molecule has 86 valence electrons. The summed E-state index contributed by atoms with van der Waals surface area (Å²) in [5.74, 6) is 1.57. The molecular formula is C11H20N2OS. The third-order valence-corrected chi connectivity index (χ3v) is 4.57. The fourth-order valence-electron chi connectivity index (χ4n) is 2.28. The van der Waals surface area contributed by atoms with E-state index in [2.05, 4.69) is 10.2 Å². The Morgan fingerprint density at radius 2 is 2.40 bits per heavy atom. The number of carbonyl (C=O) groups is 1. The topological polar surface area (TPSA) is 32.3 Å². The summed E-state index contributed by atoms with van der Waals surface area (Å²) in [5.41, 5.74) is 0. The van der Waals surface area contributed by atoms with Crippen LogP contribution in [0.5, 0.6) is 0 Å². The summed E-state index contributed by atoms with van der Waals surface area (Å²) in [6.45, 7) is 4.85. The third-order valence-electron chi connectivity index (χ3n) is 3.19. The number of hydrogen-bond donors (Lipinski definition) is 1. The molecule has 2 atom stereocenters. The van der Waals surface area contributed by atoms with Crippen molar-refractivity contribution in [2.75, 3.05) is 25.4 Å². The van der Waals surface area contributed by atoms with Gasteiger partial charge in [0.25, 0.3) is 0 Å². The first-order chi connectivity index (χ1) is 7.27. The second kappa shape index (κ2) is 5.21. The van der Waals surface area contributed by atoms with Crippen LogP contribution in [0.4, 0.5) is 0 Å². The van der Waals surface area contributed by atoms with Crippen LogP contribution in [-0.2, 0) is 4.79 Å². The zero-order valence-corrected chi connectivity index (χ0v) is 10.2. The Hall–Kier alpha value is -0.220. The Bertz CT molecular complexity index is 229. The van der Waals surface area contributed by atoms with Crippen LogP contribution in [0.3, 0.4) is 0 Å². The van der Waals surface area contributed by atoms with Crippen molar-refractivity contribution in [1.29, 1.82) is 0 Å². The minimum Gasteiger partial charge on any atom is -0.340 e. The lowest BCUT2D eigenvalue weighted by molar-refractivity contribution is -0.132. The second-order valence-electron chi connectivity index (χ2n) is 4.45. The molecule has 2 unspecified atom stereocenters. The van der Waals surface area contributed by atoms with Gasteiger partial charge in [0, 0.05) is 18.3 Å². The number of thioether (sulfide) groups is 1. The molecule has 2 aliphatic heterocycles. The lowest BCUT2D eigenvalue weighted by Gasteiger charge is -2.25. The third kappa shape index (κ3) is 2.88. The van der Waals surface area contributed by atoms with Crippen LogP contribution in [0, 0.1) is 0 Å². The van der Waals surface area contributed by atoms with Crippen molar-refractivity contribution < 1.29 is 4.79 Å². The molecule has 1 amide bonds. The maximum absolute atomic E-state index is 12.0. The molecule has 0 aliphatic carbocycles. The first-order valence-electron chi connectivity index (χ1n) is 5.91. The van der Waals surface area contributed by atoms with Gasteiger partial charge in [-0.15, -0.1) is 0 Å². The van der Waals surface area contributed by atoms with Gasteiger partial charge in [0.1, 0.15) is 0 Å². The van der Waals surface area contributed by atoms with E-state index in [0.29, 0.717) is 11.2 Å². The smallest absolute Gasteiger partial charge is 0.239 e. The summed E-state index contributed by atoms with van der Waals surface area (Å²) in [7, 11) is 0. The minimum atomic E-state index is 0.0129. The molecule has 0 radical (unpaired) electrons. The maximum atomic E-state index is 12.0. The largest absolute Gasteiger partial charge is 0.340 e. The van der Waals surface area contributed by atoms with Gasteiger partial charge in [-0.3, -0.25) is 4.79 Å². The molecule has 1 N–H and O–H groups in total. The summed E-state index contributed by atoms with van der Waals surface area (Å²) in [4.78, 5) is 14.1. The Labute approximate surface area is 96.0 Å². The van der Waals surface area contributed by atoms with Crippen LogP contribution in [0.2, 0.25) is 0 Å². The highest BCUT2D eigenvalue weighted by atomic mass is 32.2. The number of amides is 1. The van der Waals surface area contributed by atoms with Crippen LogP contribution >= 0.6 is 11.8 Å². The Kier molecular flexibility index (Phi) is 3.92. The average Bonchev–Trinajstić information content (AvgIpc) is 2.68. The van der Waals surface area contributed by atoms with Crippen LogP contribution in [0.25, 0.3) is 0 Å². The Morgan fingerprint density at radius 1 is 1.53 bits per heavy atom. The van der Waals surface area contributed by atoms with Crippen LogP contribution in [0.1, 0.15) is 26.2 Å². The summed E-state index contributed by atoms with van der Waals surface area (Å²) in [6, 6.07) is 0.0129. The lowest BCUT2D eigenvalue weighted by atomic mass is 10.2. The highest BCUT2D eigenvalue weighted by Crippen LogP contribution is 2.27. The quantitative estimate of drug-likeness (QED) is 0.768. The molecule has 4 heteroatoms. The predicted molar refractivity (Wildman–Crippen MR) is 64.1 cm³/mol. The molecule has 0 aromatic heterocycles. The van der Waals surface area contributed by atoms with E-state index < -0.39 is 0 Å². The number of hydrogen-bond acceptors (Lipinski definition) is 3. The van der Waals surface area contributed by atoms with Crippen molar-refractivity contribution in [3.05, 3.63) is 0 Å². The number of nitrogens with one attached hydrogen (secondary N) is 1. The monoisotopic (exact) mass is 228 g/mol. The van der Waals surface area contributed by atoms with Crippen molar-refractivity contribution in [2.45, 2.75) is 37.5 Å². The van der Waals surface area contributed by atoms with Gasteiger partial charge >= 0.3 is 0 Å². The van der Waals surface area contributed by atoms with Gasteiger partial charge in [-0.1, -0.05) is 0 Å². The van der Waals surface area contributed by atoms with E-state index in [1.54, 1.807) is 0 Å². The normalized spacial score (nSPS) is 33.1. The molecule has 0 saturated carbocycles. The fourth-order valence-corrected chi connectivity index (χ4v) is 3.56. The highest BCUT2D eigenvalue weighted by molar-refractivity contribution is 8.00. The second-order valence-corrected chi connectivity index (χ2v) is 5.86. The van der Waals surface area contributed by atoms with Crippen molar-refractivity contribution in [2.24, 2.45) is 0 Å². The van der Waals surface area contributed by atoms with Crippen LogP contribution < -0.4 is 5.32 Å². The molecule has 2 aliphatic rings. The van der Waals surface area contributed by atoms with E-state index in [1.165, 1.54) is 18.6 Å². The van der Waals surface area contributed by atoms with E-state index in [1.807, 2.05) is 18.7 Å². The number of nitrogens with zero attached hydrogens (tertiary/aromatic N) is 1. The molecule has 0 bridgehead atoms.